The minimum Gasteiger partial charge on any atom is -0.346 e. The molecule has 3 rings (SSSR count). The van der Waals surface area contributed by atoms with Gasteiger partial charge in [-0.3, -0.25) is 0 Å². The van der Waals surface area contributed by atoms with E-state index >= 15 is 0 Å². The molecule has 2 aromatic heterocycles. The van der Waals surface area contributed by atoms with Crippen LogP contribution in [-0.4, -0.2) is 15.0 Å². The van der Waals surface area contributed by atoms with Crippen molar-refractivity contribution in [2.75, 3.05) is 5.32 Å². The molecule has 4 nitrogen and oxygen atoms in total. The van der Waals surface area contributed by atoms with Gasteiger partial charge in [0.15, 0.2) is 0 Å². The minimum atomic E-state index is 0.465. The number of H-pyrrole nitrogens is 1. The fourth-order valence-corrected chi connectivity index (χ4v) is 2.21. The molecule has 0 aliphatic carbocycles. The van der Waals surface area contributed by atoms with Crippen LogP contribution in [0.25, 0.3) is 11.0 Å². The minimum absolute atomic E-state index is 0.465. The van der Waals surface area contributed by atoms with Crippen molar-refractivity contribution in [1.29, 1.82) is 0 Å². The second kappa shape index (κ2) is 4.72. The fourth-order valence-electron chi connectivity index (χ4n) is 2.21. The number of anilines is 2. The smallest absolute Gasteiger partial charge is 0.143 e. The molecule has 0 aliphatic heterocycles. The monoisotopic (exact) mass is 252 g/mol. The summed E-state index contributed by atoms with van der Waals surface area (Å²) in [6, 6.07) is 10.3. The molecule has 0 saturated carbocycles. The van der Waals surface area contributed by atoms with Crippen LogP contribution in [0.3, 0.4) is 0 Å². The maximum atomic E-state index is 4.33. The lowest BCUT2D eigenvalue weighted by atomic mass is 10.0. The van der Waals surface area contributed by atoms with Crippen molar-refractivity contribution in [3.8, 4) is 0 Å². The Morgan fingerprint density at radius 3 is 2.79 bits per heavy atom. The molecule has 0 amide bonds. The Labute approximate surface area is 111 Å². The molecule has 3 aromatic rings. The van der Waals surface area contributed by atoms with Crippen molar-refractivity contribution in [2.24, 2.45) is 0 Å². The number of fused-ring (bicyclic) bond motifs is 1. The lowest BCUT2D eigenvalue weighted by molar-refractivity contribution is 0.869. The van der Waals surface area contributed by atoms with Crippen molar-refractivity contribution in [1.82, 2.24) is 15.0 Å². The third-order valence-corrected chi connectivity index (χ3v) is 3.19. The molecule has 0 spiro atoms. The molecule has 96 valence electrons. The van der Waals surface area contributed by atoms with Gasteiger partial charge in [0, 0.05) is 11.9 Å². The molecule has 4 heteroatoms. The number of para-hydroxylation sites is 1. The van der Waals surface area contributed by atoms with Crippen LogP contribution in [0.2, 0.25) is 0 Å². The SMILES string of the molecule is CC(C)c1ccccc1Nc1ncnc2[nH]ccc12. The predicted molar refractivity (Wildman–Crippen MR) is 77.7 cm³/mol. The number of aromatic nitrogens is 3. The number of benzene rings is 1. The predicted octanol–water partition coefficient (Wildman–Crippen LogP) is 3.82. The van der Waals surface area contributed by atoms with Crippen LogP contribution in [-0.2, 0) is 0 Å². The molecular formula is C15H16N4. The van der Waals surface area contributed by atoms with Crippen LogP contribution in [0.5, 0.6) is 0 Å². The van der Waals surface area contributed by atoms with Gasteiger partial charge >= 0.3 is 0 Å². The van der Waals surface area contributed by atoms with E-state index in [1.54, 1.807) is 6.33 Å². The number of rotatable bonds is 3. The third kappa shape index (κ3) is 2.17. The lowest BCUT2D eigenvalue weighted by Gasteiger charge is -2.14. The highest BCUT2D eigenvalue weighted by Gasteiger charge is 2.09. The Bertz CT molecular complexity index is 700. The Morgan fingerprint density at radius 2 is 1.95 bits per heavy atom. The molecule has 2 N–H and O–H groups in total. The number of hydrogen-bond acceptors (Lipinski definition) is 3. The van der Waals surface area contributed by atoms with Gasteiger partial charge in [-0.1, -0.05) is 32.0 Å². The molecule has 0 unspecified atom stereocenters. The largest absolute Gasteiger partial charge is 0.346 e. The molecule has 0 atom stereocenters. The van der Waals surface area contributed by atoms with Gasteiger partial charge in [0.2, 0.25) is 0 Å². The highest BCUT2D eigenvalue weighted by atomic mass is 15.0. The molecule has 0 fully saturated rings. The zero-order valence-corrected chi connectivity index (χ0v) is 11.0. The molecule has 1 aromatic carbocycles. The van der Waals surface area contributed by atoms with E-state index < -0.39 is 0 Å². The molecule has 0 aliphatic rings. The van der Waals surface area contributed by atoms with Gasteiger partial charge < -0.3 is 10.3 Å². The fraction of sp³-hybridized carbons (Fsp3) is 0.200. The van der Waals surface area contributed by atoms with E-state index in [4.69, 9.17) is 0 Å². The zero-order chi connectivity index (χ0) is 13.2. The van der Waals surface area contributed by atoms with Gasteiger partial charge in [0.1, 0.15) is 17.8 Å². The number of nitrogens with one attached hydrogen (secondary N) is 2. The highest BCUT2D eigenvalue weighted by molar-refractivity contribution is 5.89. The van der Waals surface area contributed by atoms with Crippen molar-refractivity contribution >= 4 is 22.5 Å². The van der Waals surface area contributed by atoms with Crippen LogP contribution >= 0.6 is 0 Å². The summed E-state index contributed by atoms with van der Waals surface area (Å²) < 4.78 is 0. The first-order valence-electron chi connectivity index (χ1n) is 6.40. The molecular weight excluding hydrogens is 236 g/mol. The van der Waals surface area contributed by atoms with Crippen LogP contribution < -0.4 is 5.32 Å². The number of hydrogen-bond donors (Lipinski definition) is 2. The first-order valence-corrected chi connectivity index (χ1v) is 6.40. The molecule has 0 bridgehead atoms. The average Bonchev–Trinajstić information content (AvgIpc) is 2.88. The normalized spacial score (nSPS) is 11.1. The maximum Gasteiger partial charge on any atom is 0.143 e. The average molecular weight is 252 g/mol. The Hall–Kier alpha value is -2.36. The van der Waals surface area contributed by atoms with Crippen LogP contribution in [0.4, 0.5) is 11.5 Å². The van der Waals surface area contributed by atoms with E-state index in [1.165, 1.54) is 5.56 Å². The van der Waals surface area contributed by atoms with Crippen LogP contribution in [0.15, 0.2) is 42.9 Å². The second-order valence-electron chi connectivity index (χ2n) is 4.83. The van der Waals surface area contributed by atoms with Gasteiger partial charge in [-0.15, -0.1) is 0 Å². The maximum absolute atomic E-state index is 4.33. The Kier molecular flexibility index (Phi) is 2.91. The van der Waals surface area contributed by atoms with Crippen LogP contribution in [0.1, 0.15) is 25.3 Å². The van der Waals surface area contributed by atoms with Gasteiger partial charge in [-0.05, 0) is 23.6 Å². The van der Waals surface area contributed by atoms with Gasteiger partial charge in [0.05, 0.1) is 5.39 Å². The Balaban J connectivity index is 2.04. The first kappa shape index (κ1) is 11.7. The molecule has 0 radical (unpaired) electrons. The number of nitrogens with zero attached hydrogens (tertiary/aromatic N) is 2. The zero-order valence-electron chi connectivity index (χ0n) is 11.0. The van der Waals surface area contributed by atoms with E-state index in [-0.39, 0.29) is 0 Å². The van der Waals surface area contributed by atoms with Gasteiger partial charge in [-0.25, -0.2) is 9.97 Å². The first-order chi connectivity index (χ1) is 9.25. The summed E-state index contributed by atoms with van der Waals surface area (Å²) in [6.07, 6.45) is 3.44. The summed E-state index contributed by atoms with van der Waals surface area (Å²) in [7, 11) is 0. The van der Waals surface area contributed by atoms with Crippen molar-refractivity contribution in [3.05, 3.63) is 48.4 Å². The van der Waals surface area contributed by atoms with E-state index in [9.17, 15) is 0 Å². The van der Waals surface area contributed by atoms with E-state index in [0.29, 0.717) is 5.92 Å². The lowest BCUT2D eigenvalue weighted by Crippen LogP contribution is -2.00. The standard InChI is InChI=1S/C15H16N4/c1-10(2)11-5-3-4-6-13(11)19-15-12-7-8-16-14(12)17-9-18-15/h3-10H,1-2H3,(H2,16,17,18,19). The molecule has 0 saturated heterocycles. The van der Waals surface area contributed by atoms with E-state index in [2.05, 4.69) is 52.3 Å². The van der Waals surface area contributed by atoms with Crippen molar-refractivity contribution in [2.45, 2.75) is 19.8 Å². The molecule has 19 heavy (non-hydrogen) atoms. The van der Waals surface area contributed by atoms with Crippen LogP contribution in [0, 0.1) is 0 Å². The van der Waals surface area contributed by atoms with Gasteiger partial charge in [0.25, 0.3) is 0 Å². The Morgan fingerprint density at radius 1 is 1.11 bits per heavy atom. The summed E-state index contributed by atoms with van der Waals surface area (Å²) in [6.45, 7) is 4.37. The summed E-state index contributed by atoms with van der Waals surface area (Å²) in [5, 5.41) is 4.41. The summed E-state index contributed by atoms with van der Waals surface area (Å²) in [5.41, 5.74) is 3.23. The summed E-state index contributed by atoms with van der Waals surface area (Å²) >= 11 is 0. The van der Waals surface area contributed by atoms with E-state index in [0.717, 1.165) is 22.5 Å². The quantitative estimate of drug-likeness (QED) is 0.745. The number of aromatic amines is 1. The molecule has 2 heterocycles. The summed E-state index contributed by atoms with van der Waals surface area (Å²) in [5.74, 6) is 1.30. The summed E-state index contributed by atoms with van der Waals surface area (Å²) in [4.78, 5) is 11.6. The van der Waals surface area contributed by atoms with E-state index in [1.807, 2.05) is 18.3 Å². The van der Waals surface area contributed by atoms with Crippen molar-refractivity contribution < 1.29 is 0 Å². The topological polar surface area (TPSA) is 53.6 Å². The second-order valence-corrected chi connectivity index (χ2v) is 4.83. The van der Waals surface area contributed by atoms with Crippen molar-refractivity contribution in [3.63, 3.8) is 0 Å². The van der Waals surface area contributed by atoms with Gasteiger partial charge in [-0.2, -0.15) is 0 Å². The highest BCUT2D eigenvalue weighted by Crippen LogP contribution is 2.28. The third-order valence-electron chi connectivity index (χ3n) is 3.19.